The molecular weight excluding hydrogens is 256 g/mol. The minimum Gasteiger partial charge on any atom is -0.311 e. The smallest absolute Gasteiger partial charge is 0.0958 e. The molecule has 1 atom stereocenters. The number of hydrogen-bond donors (Lipinski definition) is 1. The van der Waals surface area contributed by atoms with Gasteiger partial charge in [0.1, 0.15) is 0 Å². The average molecular weight is 272 g/mol. The van der Waals surface area contributed by atoms with Crippen molar-refractivity contribution in [3.05, 3.63) is 47.2 Å². The molecule has 0 aliphatic heterocycles. The molecule has 0 saturated heterocycles. The number of para-hydroxylation sites is 1. The summed E-state index contributed by atoms with van der Waals surface area (Å²) in [5.74, 6) is 0. The second-order valence-corrected chi connectivity index (χ2v) is 5.62. The first kappa shape index (κ1) is 12.3. The molecule has 5 heteroatoms. The summed E-state index contributed by atoms with van der Waals surface area (Å²) in [6.07, 6.45) is 2.72. The number of benzene rings is 1. The zero-order valence-corrected chi connectivity index (χ0v) is 11.8. The predicted molar refractivity (Wildman–Crippen MR) is 78.3 cm³/mol. The maximum atomic E-state index is 4.69. The van der Waals surface area contributed by atoms with E-state index in [1.165, 1.54) is 10.4 Å². The van der Waals surface area contributed by atoms with E-state index in [1.807, 2.05) is 31.0 Å². The van der Waals surface area contributed by atoms with Crippen molar-refractivity contribution in [1.82, 2.24) is 20.1 Å². The van der Waals surface area contributed by atoms with Crippen LogP contribution in [0.3, 0.4) is 0 Å². The van der Waals surface area contributed by atoms with Crippen molar-refractivity contribution >= 4 is 21.6 Å². The van der Waals surface area contributed by atoms with Gasteiger partial charge >= 0.3 is 0 Å². The van der Waals surface area contributed by atoms with E-state index >= 15 is 0 Å². The molecule has 2 aromatic heterocycles. The lowest BCUT2D eigenvalue weighted by atomic mass is 10.1. The zero-order valence-electron chi connectivity index (χ0n) is 11.0. The highest BCUT2D eigenvalue weighted by atomic mass is 32.1. The summed E-state index contributed by atoms with van der Waals surface area (Å²) >= 11 is 1.76. The van der Waals surface area contributed by atoms with Gasteiger partial charge in [0.05, 0.1) is 27.0 Å². The average Bonchev–Trinajstić information content (AvgIpc) is 3.01. The minimum absolute atomic E-state index is 0.244. The molecule has 0 radical (unpaired) electrons. The normalized spacial score (nSPS) is 12.9. The summed E-state index contributed by atoms with van der Waals surface area (Å²) in [4.78, 5) is 4.69. The van der Waals surface area contributed by atoms with Gasteiger partial charge in [-0.25, -0.2) is 4.98 Å². The summed E-state index contributed by atoms with van der Waals surface area (Å²) in [5.41, 5.74) is 2.27. The van der Waals surface area contributed by atoms with E-state index in [0.29, 0.717) is 0 Å². The minimum atomic E-state index is 0.244. The standard InChI is InChI=1S/C14H16N4S/c1-15-11(12-7-8-16-18(12)2)9-14-17-10-5-3-4-6-13(10)19-14/h3-8,11,15H,9H2,1-2H3. The third kappa shape index (κ3) is 2.39. The van der Waals surface area contributed by atoms with Crippen LogP contribution in [0, 0.1) is 0 Å². The van der Waals surface area contributed by atoms with E-state index < -0.39 is 0 Å². The summed E-state index contributed by atoms with van der Waals surface area (Å²) in [7, 11) is 3.95. The van der Waals surface area contributed by atoms with Crippen LogP contribution >= 0.6 is 11.3 Å². The van der Waals surface area contributed by atoms with Crippen molar-refractivity contribution < 1.29 is 0 Å². The molecule has 0 fully saturated rings. The van der Waals surface area contributed by atoms with Gasteiger partial charge in [-0.2, -0.15) is 5.10 Å². The SMILES string of the molecule is CNC(Cc1nc2ccccc2s1)c1ccnn1C. The number of aromatic nitrogens is 3. The third-order valence-corrected chi connectivity index (χ3v) is 4.34. The molecule has 0 amide bonds. The number of aryl methyl sites for hydroxylation is 1. The Morgan fingerprint density at radius 2 is 2.16 bits per heavy atom. The fourth-order valence-corrected chi connectivity index (χ4v) is 3.27. The molecule has 0 saturated carbocycles. The molecule has 4 nitrogen and oxygen atoms in total. The lowest BCUT2D eigenvalue weighted by Crippen LogP contribution is -2.21. The van der Waals surface area contributed by atoms with Gasteiger partial charge in [0.25, 0.3) is 0 Å². The molecule has 3 aromatic rings. The van der Waals surface area contributed by atoms with Gasteiger partial charge < -0.3 is 5.32 Å². The number of hydrogen-bond acceptors (Lipinski definition) is 4. The molecule has 1 aromatic carbocycles. The van der Waals surface area contributed by atoms with Gasteiger partial charge in [-0.3, -0.25) is 4.68 Å². The topological polar surface area (TPSA) is 42.7 Å². The van der Waals surface area contributed by atoms with Crippen molar-refractivity contribution in [2.24, 2.45) is 7.05 Å². The number of nitrogens with one attached hydrogen (secondary N) is 1. The molecule has 2 heterocycles. The van der Waals surface area contributed by atoms with Crippen LogP contribution in [0.15, 0.2) is 36.5 Å². The maximum absolute atomic E-state index is 4.69. The Morgan fingerprint density at radius 3 is 2.84 bits per heavy atom. The van der Waals surface area contributed by atoms with E-state index in [1.54, 1.807) is 11.3 Å². The van der Waals surface area contributed by atoms with Gasteiger partial charge in [-0.1, -0.05) is 12.1 Å². The van der Waals surface area contributed by atoms with Gasteiger partial charge in [-0.05, 0) is 25.2 Å². The van der Waals surface area contributed by atoms with Gasteiger partial charge in [0, 0.05) is 19.7 Å². The number of fused-ring (bicyclic) bond motifs is 1. The molecule has 0 bridgehead atoms. The Labute approximate surface area is 116 Å². The zero-order chi connectivity index (χ0) is 13.2. The Bertz CT molecular complexity index is 652. The van der Waals surface area contributed by atoms with Gasteiger partial charge in [-0.15, -0.1) is 11.3 Å². The van der Waals surface area contributed by atoms with E-state index in [0.717, 1.165) is 16.9 Å². The summed E-state index contributed by atoms with van der Waals surface area (Å²) in [6.45, 7) is 0. The van der Waals surface area contributed by atoms with E-state index in [4.69, 9.17) is 0 Å². The number of rotatable bonds is 4. The van der Waals surface area contributed by atoms with Crippen LogP contribution in [0.5, 0.6) is 0 Å². The van der Waals surface area contributed by atoms with E-state index in [9.17, 15) is 0 Å². The molecule has 1 unspecified atom stereocenters. The van der Waals surface area contributed by atoms with Crippen molar-refractivity contribution in [3.63, 3.8) is 0 Å². The number of nitrogens with zero attached hydrogens (tertiary/aromatic N) is 3. The van der Waals surface area contributed by atoms with Crippen molar-refractivity contribution in [2.75, 3.05) is 7.05 Å². The Morgan fingerprint density at radius 1 is 1.32 bits per heavy atom. The molecule has 19 heavy (non-hydrogen) atoms. The lowest BCUT2D eigenvalue weighted by molar-refractivity contribution is 0.537. The molecule has 3 rings (SSSR count). The monoisotopic (exact) mass is 272 g/mol. The fourth-order valence-electron chi connectivity index (χ4n) is 2.26. The van der Waals surface area contributed by atoms with Gasteiger partial charge in [0.15, 0.2) is 0 Å². The molecule has 0 spiro atoms. The Balaban J connectivity index is 1.88. The molecule has 98 valence electrons. The van der Waals surface area contributed by atoms with Crippen LogP contribution in [0.25, 0.3) is 10.2 Å². The lowest BCUT2D eigenvalue weighted by Gasteiger charge is -2.14. The fraction of sp³-hybridized carbons (Fsp3) is 0.286. The largest absolute Gasteiger partial charge is 0.311 e. The first-order valence-electron chi connectivity index (χ1n) is 6.27. The summed E-state index contributed by atoms with van der Waals surface area (Å²) in [6, 6.07) is 10.6. The highest BCUT2D eigenvalue weighted by Gasteiger charge is 2.15. The van der Waals surface area contributed by atoms with Crippen molar-refractivity contribution in [2.45, 2.75) is 12.5 Å². The van der Waals surface area contributed by atoms with Crippen molar-refractivity contribution in [1.29, 1.82) is 0 Å². The van der Waals surface area contributed by atoms with E-state index in [-0.39, 0.29) is 6.04 Å². The second-order valence-electron chi connectivity index (χ2n) is 4.50. The van der Waals surface area contributed by atoms with E-state index in [2.05, 4.69) is 39.7 Å². The van der Waals surface area contributed by atoms with Gasteiger partial charge in [0.2, 0.25) is 0 Å². The Hall–Kier alpha value is -1.72. The molecule has 0 aliphatic carbocycles. The van der Waals surface area contributed by atoms with Crippen LogP contribution < -0.4 is 5.32 Å². The summed E-state index contributed by atoms with van der Waals surface area (Å²) in [5, 5.41) is 8.73. The third-order valence-electron chi connectivity index (χ3n) is 3.28. The quantitative estimate of drug-likeness (QED) is 0.793. The van der Waals surface area contributed by atoms with Crippen LogP contribution in [0.1, 0.15) is 16.7 Å². The van der Waals surface area contributed by atoms with Crippen LogP contribution in [0.4, 0.5) is 0 Å². The second kappa shape index (κ2) is 5.11. The van der Waals surface area contributed by atoms with Crippen LogP contribution in [0.2, 0.25) is 0 Å². The molecule has 0 aliphatic rings. The summed E-state index contributed by atoms with van der Waals surface area (Å²) < 4.78 is 3.16. The molecular formula is C14H16N4S. The van der Waals surface area contributed by atoms with Crippen molar-refractivity contribution in [3.8, 4) is 0 Å². The Kier molecular flexibility index (Phi) is 3.31. The number of thiazole rings is 1. The maximum Gasteiger partial charge on any atom is 0.0958 e. The molecule has 1 N–H and O–H groups in total. The first-order chi connectivity index (χ1) is 9.28. The highest BCUT2D eigenvalue weighted by molar-refractivity contribution is 7.18. The first-order valence-corrected chi connectivity index (χ1v) is 7.09. The highest BCUT2D eigenvalue weighted by Crippen LogP contribution is 2.25. The van der Waals surface area contributed by atoms with Crippen LogP contribution in [-0.4, -0.2) is 21.8 Å². The predicted octanol–water partition coefficient (Wildman–Crippen LogP) is 2.53. The van der Waals surface area contributed by atoms with Crippen LogP contribution in [-0.2, 0) is 13.5 Å². The number of likely N-dealkylation sites (N-methyl/N-ethyl adjacent to an activating group) is 1.